The number of hydrogen-bond donors (Lipinski definition) is 2. The summed E-state index contributed by atoms with van der Waals surface area (Å²) < 4.78 is 1.51. The maximum absolute atomic E-state index is 10.2. The molecule has 0 spiro atoms. The summed E-state index contributed by atoms with van der Waals surface area (Å²) >= 11 is 0. The number of carboxylic acids is 1. The average molecular weight is 156 g/mol. The van der Waals surface area contributed by atoms with Gasteiger partial charge in [0.1, 0.15) is 18.7 Å². The van der Waals surface area contributed by atoms with E-state index in [0.29, 0.717) is 0 Å². The number of nitrogens with zero attached hydrogens (tertiary/aromatic N) is 3. The Morgan fingerprint density at radius 2 is 2.18 bits per heavy atom. The molecule has 0 fully saturated rings. The number of nitrogens with two attached hydrogens (primary N) is 1. The van der Waals surface area contributed by atoms with E-state index in [1.165, 1.54) is 17.2 Å². The van der Waals surface area contributed by atoms with Crippen molar-refractivity contribution in [2.24, 2.45) is 5.73 Å². The Balaban J connectivity index is 2.50. The summed E-state index contributed by atoms with van der Waals surface area (Å²) in [5.74, 6) is -1.03. The summed E-state index contributed by atoms with van der Waals surface area (Å²) in [5.41, 5.74) is 5.23. The van der Waals surface area contributed by atoms with Crippen LogP contribution in [0.2, 0.25) is 0 Å². The van der Waals surface area contributed by atoms with Gasteiger partial charge in [-0.3, -0.25) is 4.79 Å². The molecule has 0 aliphatic rings. The molecule has 1 heterocycles. The van der Waals surface area contributed by atoms with Crippen LogP contribution in [0.1, 0.15) is 0 Å². The average Bonchev–Trinajstić information content (AvgIpc) is 2.39. The molecular weight excluding hydrogens is 148 g/mol. The van der Waals surface area contributed by atoms with Gasteiger partial charge in [0.05, 0.1) is 6.54 Å². The molecule has 3 N–H and O–H groups in total. The van der Waals surface area contributed by atoms with Gasteiger partial charge in [-0.2, -0.15) is 0 Å². The van der Waals surface area contributed by atoms with Crippen molar-refractivity contribution < 1.29 is 9.90 Å². The van der Waals surface area contributed by atoms with Gasteiger partial charge in [-0.1, -0.05) is 0 Å². The maximum atomic E-state index is 10.2. The molecule has 1 rings (SSSR count). The van der Waals surface area contributed by atoms with Crippen LogP contribution in [0.4, 0.5) is 0 Å². The van der Waals surface area contributed by atoms with Crippen molar-refractivity contribution >= 4 is 5.97 Å². The first-order chi connectivity index (χ1) is 5.20. The predicted octanol–water partition coefficient (Wildman–Crippen LogP) is -1.31. The van der Waals surface area contributed by atoms with Gasteiger partial charge in [0.2, 0.25) is 0 Å². The molecule has 11 heavy (non-hydrogen) atoms. The highest BCUT2D eigenvalue weighted by Gasteiger charge is 2.10. The van der Waals surface area contributed by atoms with Crippen molar-refractivity contribution in [3.05, 3.63) is 12.7 Å². The fourth-order valence-electron chi connectivity index (χ4n) is 0.622. The van der Waals surface area contributed by atoms with Crippen molar-refractivity contribution in [2.75, 3.05) is 0 Å². The minimum atomic E-state index is -1.03. The Labute approximate surface area is 62.6 Å². The zero-order valence-electron chi connectivity index (χ0n) is 5.71. The van der Waals surface area contributed by atoms with Crippen LogP contribution in [-0.4, -0.2) is 31.9 Å². The molecule has 0 aliphatic carbocycles. The van der Waals surface area contributed by atoms with Crippen LogP contribution < -0.4 is 5.73 Å². The molecule has 0 saturated carbocycles. The standard InChI is InChI=1S/C5H8N4O2/c6-4(5(10)11)1-9-2-7-8-3-9/h2-4H,1,6H2,(H,10,11). The second-order valence-electron chi connectivity index (χ2n) is 2.10. The van der Waals surface area contributed by atoms with E-state index in [9.17, 15) is 4.79 Å². The quantitative estimate of drug-likeness (QED) is 0.566. The number of aliphatic carboxylic acids is 1. The molecule has 0 bridgehead atoms. The molecule has 6 heteroatoms. The highest BCUT2D eigenvalue weighted by Crippen LogP contribution is 1.86. The summed E-state index contributed by atoms with van der Waals surface area (Å²) in [6.07, 6.45) is 2.84. The summed E-state index contributed by atoms with van der Waals surface area (Å²) in [7, 11) is 0. The lowest BCUT2D eigenvalue weighted by Gasteiger charge is -2.04. The lowest BCUT2D eigenvalue weighted by molar-refractivity contribution is -0.138. The molecule has 6 nitrogen and oxygen atoms in total. The number of rotatable bonds is 3. The van der Waals surface area contributed by atoms with E-state index in [1.807, 2.05) is 0 Å². The van der Waals surface area contributed by atoms with E-state index >= 15 is 0 Å². The van der Waals surface area contributed by atoms with Gasteiger partial charge < -0.3 is 15.4 Å². The predicted molar refractivity (Wildman–Crippen MR) is 35.6 cm³/mol. The molecule has 0 aromatic carbocycles. The van der Waals surface area contributed by atoms with Crippen molar-refractivity contribution in [3.63, 3.8) is 0 Å². The summed E-state index contributed by atoms with van der Waals surface area (Å²) in [4.78, 5) is 10.2. The first kappa shape index (κ1) is 7.67. The molecular formula is C5H8N4O2. The van der Waals surface area contributed by atoms with Crippen LogP contribution in [0.15, 0.2) is 12.7 Å². The van der Waals surface area contributed by atoms with Crippen molar-refractivity contribution in [1.29, 1.82) is 0 Å². The smallest absolute Gasteiger partial charge is 0.322 e. The SMILES string of the molecule is NC(Cn1cnnc1)C(=O)O. The van der Waals surface area contributed by atoms with Gasteiger partial charge in [-0.15, -0.1) is 10.2 Å². The van der Waals surface area contributed by atoms with Crippen LogP contribution in [0.3, 0.4) is 0 Å². The Morgan fingerprint density at radius 3 is 2.64 bits per heavy atom. The fraction of sp³-hybridized carbons (Fsp3) is 0.400. The molecule has 1 unspecified atom stereocenters. The third kappa shape index (κ3) is 2.01. The molecule has 60 valence electrons. The third-order valence-electron chi connectivity index (χ3n) is 1.19. The molecule has 1 aromatic heterocycles. The summed E-state index contributed by atoms with van der Waals surface area (Å²) in [5, 5.41) is 15.4. The molecule has 0 saturated heterocycles. The molecule has 1 atom stereocenters. The fourth-order valence-corrected chi connectivity index (χ4v) is 0.622. The first-order valence-corrected chi connectivity index (χ1v) is 3.01. The normalized spacial score (nSPS) is 12.8. The second-order valence-corrected chi connectivity index (χ2v) is 2.10. The van der Waals surface area contributed by atoms with Gasteiger partial charge in [-0.25, -0.2) is 0 Å². The molecule has 1 aromatic rings. The van der Waals surface area contributed by atoms with Crippen molar-refractivity contribution in [2.45, 2.75) is 12.6 Å². The van der Waals surface area contributed by atoms with Crippen LogP contribution >= 0.6 is 0 Å². The van der Waals surface area contributed by atoms with Gasteiger partial charge in [-0.05, 0) is 0 Å². The van der Waals surface area contributed by atoms with Crippen molar-refractivity contribution in [3.8, 4) is 0 Å². The maximum Gasteiger partial charge on any atom is 0.322 e. The van der Waals surface area contributed by atoms with E-state index in [2.05, 4.69) is 10.2 Å². The third-order valence-corrected chi connectivity index (χ3v) is 1.19. The number of aromatic nitrogens is 3. The van der Waals surface area contributed by atoms with Gasteiger partial charge in [0.15, 0.2) is 0 Å². The topological polar surface area (TPSA) is 94.0 Å². The Kier molecular flexibility index (Phi) is 2.17. The van der Waals surface area contributed by atoms with Gasteiger partial charge in [0.25, 0.3) is 0 Å². The van der Waals surface area contributed by atoms with Crippen LogP contribution in [0.5, 0.6) is 0 Å². The van der Waals surface area contributed by atoms with Crippen LogP contribution in [-0.2, 0) is 11.3 Å². The summed E-state index contributed by atoms with van der Waals surface area (Å²) in [6, 6.07) is -0.897. The Bertz CT molecular complexity index is 233. The van der Waals surface area contributed by atoms with Crippen molar-refractivity contribution in [1.82, 2.24) is 14.8 Å². The monoisotopic (exact) mass is 156 g/mol. The second kappa shape index (κ2) is 3.11. The Morgan fingerprint density at radius 1 is 1.64 bits per heavy atom. The minimum absolute atomic E-state index is 0.197. The summed E-state index contributed by atoms with van der Waals surface area (Å²) in [6.45, 7) is 0.197. The molecule has 0 aliphatic heterocycles. The lowest BCUT2D eigenvalue weighted by atomic mass is 10.3. The Hall–Kier alpha value is -1.43. The van der Waals surface area contributed by atoms with Crippen LogP contribution in [0.25, 0.3) is 0 Å². The minimum Gasteiger partial charge on any atom is -0.480 e. The van der Waals surface area contributed by atoms with E-state index < -0.39 is 12.0 Å². The van der Waals surface area contributed by atoms with E-state index in [1.54, 1.807) is 0 Å². The highest BCUT2D eigenvalue weighted by atomic mass is 16.4. The van der Waals surface area contributed by atoms with Gasteiger partial charge >= 0.3 is 5.97 Å². The first-order valence-electron chi connectivity index (χ1n) is 3.01. The highest BCUT2D eigenvalue weighted by molar-refractivity contribution is 5.72. The number of carbonyl (C=O) groups is 1. The zero-order valence-corrected chi connectivity index (χ0v) is 5.71. The zero-order chi connectivity index (χ0) is 8.27. The number of hydrogen-bond acceptors (Lipinski definition) is 4. The van der Waals surface area contributed by atoms with E-state index in [-0.39, 0.29) is 6.54 Å². The molecule has 0 radical (unpaired) electrons. The molecule has 0 amide bonds. The lowest BCUT2D eigenvalue weighted by Crippen LogP contribution is -2.34. The largest absolute Gasteiger partial charge is 0.480 e. The van der Waals surface area contributed by atoms with E-state index in [4.69, 9.17) is 10.8 Å². The number of carboxylic acid groups (broad SMARTS) is 1. The van der Waals surface area contributed by atoms with E-state index in [0.717, 1.165) is 0 Å². The van der Waals surface area contributed by atoms with Crippen LogP contribution in [0, 0.1) is 0 Å². The van der Waals surface area contributed by atoms with Gasteiger partial charge in [0, 0.05) is 0 Å².